The van der Waals surface area contributed by atoms with Crippen LogP contribution in [0.1, 0.15) is 46.6 Å². The standard InChI is InChI=1S/C27H30N2O6/c1-3-34-22-16-18(6-7-20(22)30)24-23-25(31)19-15-17(2)5-8-21(19)35-26(23)27(32)29(24)10-4-9-28-11-13-33-14-12-28/h5-8,15-16,24,30H,3-4,9-14H2,1-2H3/t24-/m0/s1. The molecule has 5 rings (SSSR count). The summed E-state index contributed by atoms with van der Waals surface area (Å²) in [4.78, 5) is 31.3. The average Bonchev–Trinajstić information content (AvgIpc) is 3.14. The van der Waals surface area contributed by atoms with Crippen LogP contribution in [0.5, 0.6) is 11.5 Å². The minimum absolute atomic E-state index is 0.0141. The number of benzene rings is 2. The maximum absolute atomic E-state index is 13.7. The molecular weight excluding hydrogens is 448 g/mol. The van der Waals surface area contributed by atoms with E-state index in [1.54, 1.807) is 35.2 Å². The average molecular weight is 479 g/mol. The third-order valence-corrected chi connectivity index (χ3v) is 6.70. The third kappa shape index (κ3) is 4.39. The topological polar surface area (TPSA) is 92.5 Å². The molecule has 1 saturated heterocycles. The summed E-state index contributed by atoms with van der Waals surface area (Å²) in [5.41, 5.74) is 2.18. The Kier molecular flexibility index (Phi) is 6.49. The first kappa shape index (κ1) is 23.4. The lowest BCUT2D eigenvalue weighted by Gasteiger charge is -2.29. The second-order valence-electron chi connectivity index (χ2n) is 9.04. The molecule has 1 fully saturated rings. The Bertz CT molecular complexity index is 1310. The SMILES string of the molecule is CCOc1cc([C@H]2c3c(oc4ccc(C)cc4c3=O)C(=O)N2CCCN2CCOCC2)ccc1O. The van der Waals surface area contributed by atoms with E-state index >= 15 is 0 Å². The molecule has 0 radical (unpaired) electrons. The number of phenolic OH excluding ortho intramolecular Hbond substituents is 1. The molecule has 1 aromatic heterocycles. The number of amides is 1. The lowest BCUT2D eigenvalue weighted by molar-refractivity contribution is 0.0353. The van der Waals surface area contributed by atoms with Gasteiger partial charge in [-0.15, -0.1) is 0 Å². The fourth-order valence-electron chi connectivity index (χ4n) is 4.97. The van der Waals surface area contributed by atoms with Crippen LogP contribution >= 0.6 is 0 Å². The Balaban J connectivity index is 1.56. The number of rotatable bonds is 7. The Morgan fingerprint density at radius 1 is 1.09 bits per heavy atom. The van der Waals surface area contributed by atoms with Crippen LogP contribution < -0.4 is 10.2 Å². The van der Waals surface area contributed by atoms with Gasteiger partial charge in [0.15, 0.2) is 16.9 Å². The van der Waals surface area contributed by atoms with Crippen LogP contribution in [0.4, 0.5) is 0 Å². The first-order valence-corrected chi connectivity index (χ1v) is 12.1. The van der Waals surface area contributed by atoms with E-state index in [1.165, 1.54) is 0 Å². The number of carbonyl (C=O) groups excluding carboxylic acids is 1. The zero-order valence-corrected chi connectivity index (χ0v) is 20.1. The van der Waals surface area contributed by atoms with Crippen LogP contribution in [0.25, 0.3) is 11.0 Å². The van der Waals surface area contributed by atoms with Gasteiger partial charge in [-0.2, -0.15) is 0 Å². The van der Waals surface area contributed by atoms with Gasteiger partial charge in [0.2, 0.25) is 5.76 Å². The second kappa shape index (κ2) is 9.71. The van der Waals surface area contributed by atoms with E-state index in [9.17, 15) is 14.7 Å². The molecule has 1 N–H and O–H groups in total. The largest absolute Gasteiger partial charge is 0.504 e. The van der Waals surface area contributed by atoms with E-state index in [2.05, 4.69) is 4.90 Å². The number of nitrogens with zero attached hydrogens (tertiary/aromatic N) is 2. The lowest BCUT2D eigenvalue weighted by Crippen LogP contribution is -2.38. The molecule has 0 unspecified atom stereocenters. The Morgan fingerprint density at radius 2 is 1.89 bits per heavy atom. The van der Waals surface area contributed by atoms with Gasteiger partial charge in [0.1, 0.15) is 5.58 Å². The summed E-state index contributed by atoms with van der Waals surface area (Å²) in [5, 5.41) is 10.7. The Morgan fingerprint density at radius 3 is 2.66 bits per heavy atom. The lowest BCUT2D eigenvalue weighted by atomic mass is 9.97. The van der Waals surface area contributed by atoms with Gasteiger partial charge in [0.25, 0.3) is 5.91 Å². The summed E-state index contributed by atoms with van der Waals surface area (Å²) in [5.74, 6) is 0.131. The third-order valence-electron chi connectivity index (χ3n) is 6.70. The highest BCUT2D eigenvalue weighted by Crippen LogP contribution is 2.40. The minimum atomic E-state index is -0.622. The number of aromatic hydroxyl groups is 1. The molecule has 8 heteroatoms. The number of carbonyl (C=O) groups is 1. The molecule has 184 valence electrons. The molecule has 0 aliphatic carbocycles. The molecule has 8 nitrogen and oxygen atoms in total. The molecular formula is C27H30N2O6. The number of fused-ring (bicyclic) bond motifs is 2. The van der Waals surface area contributed by atoms with Crippen LogP contribution in [0.2, 0.25) is 0 Å². The summed E-state index contributed by atoms with van der Waals surface area (Å²) in [7, 11) is 0. The molecule has 0 bridgehead atoms. The zero-order valence-electron chi connectivity index (χ0n) is 20.1. The van der Waals surface area contributed by atoms with Crippen molar-refractivity contribution in [2.75, 3.05) is 46.0 Å². The first-order valence-electron chi connectivity index (χ1n) is 12.1. The quantitative estimate of drug-likeness (QED) is 0.556. The zero-order chi connectivity index (χ0) is 24.5. The highest BCUT2D eigenvalue weighted by molar-refractivity contribution is 5.99. The van der Waals surface area contributed by atoms with Crippen LogP contribution in [0, 0.1) is 6.92 Å². The molecule has 3 heterocycles. The maximum atomic E-state index is 13.7. The van der Waals surface area contributed by atoms with E-state index in [0.29, 0.717) is 41.0 Å². The summed E-state index contributed by atoms with van der Waals surface area (Å²) in [6.07, 6.45) is 0.749. The summed E-state index contributed by atoms with van der Waals surface area (Å²) in [6.45, 7) is 8.61. The highest BCUT2D eigenvalue weighted by atomic mass is 16.5. The van der Waals surface area contributed by atoms with Crippen molar-refractivity contribution in [1.29, 1.82) is 0 Å². The van der Waals surface area contributed by atoms with Crippen LogP contribution in [0.15, 0.2) is 45.6 Å². The van der Waals surface area contributed by atoms with Crippen LogP contribution in [-0.4, -0.2) is 66.8 Å². The van der Waals surface area contributed by atoms with Crippen molar-refractivity contribution < 1.29 is 23.8 Å². The Hall–Kier alpha value is -3.36. The van der Waals surface area contributed by atoms with Gasteiger partial charge in [-0.25, -0.2) is 0 Å². The number of ether oxygens (including phenoxy) is 2. The van der Waals surface area contributed by atoms with Crippen LogP contribution in [-0.2, 0) is 4.74 Å². The summed E-state index contributed by atoms with van der Waals surface area (Å²) >= 11 is 0. The van der Waals surface area contributed by atoms with Crippen molar-refractivity contribution >= 4 is 16.9 Å². The van der Waals surface area contributed by atoms with E-state index < -0.39 is 6.04 Å². The van der Waals surface area contributed by atoms with Crippen molar-refractivity contribution in [3.63, 3.8) is 0 Å². The number of hydrogen-bond acceptors (Lipinski definition) is 7. The number of phenols is 1. The normalized spacial score (nSPS) is 18.3. The summed E-state index contributed by atoms with van der Waals surface area (Å²) in [6, 6.07) is 9.77. The fraction of sp³-hybridized carbons (Fsp3) is 0.407. The Labute approximate surface area is 203 Å². The first-order chi connectivity index (χ1) is 17.0. The van der Waals surface area contributed by atoms with Crippen molar-refractivity contribution in [2.45, 2.75) is 26.3 Å². The smallest absolute Gasteiger partial charge is 0.290 e. The van der Waals surface area contributed by atoms with Gasteiger partial charge in [-0.3, -0.25) is 14.5 Å². The van der Waals surface area contributed by atoms with Gasteiger partial charge >= 0.3 is 0 Å². The molecule has 0 spiro atoms. The molecule has 1 atom stereocenters. The second-order valence-corrected chi connectivity index (χ2v) is 9.04. The van der Waals surface area contributed by atoms with E-state index in [-0.39, 0.29) is 22.8 Å². The van der Waals surface area contributed by atoms with Gasteiger partial charge < -0.3 is 23.9 Å². The molecule has 1 amide bonds. The highest BCUT2D eigenvalue weighted by Gasteiger charge is 2.42. The van der Waals surface area contributed by atoms with E-state index in [4.69, 9.17) is 13.9 Å². The summed E-state index contributed by atoms with van der Waals surface area (Å²) < 4.78 is 17.1. The molecule has 0 saturated carbocycles. The van der Waals surface area contributed by atoms with Crippen molar-refractivity contribution in [2.24, 2.45) is 0 Å². The number of morpholine rings is 1. The molecule has 2 aliphatic rings. The predicted molar refractivity (Wildman–Crippen MR) is 131 cm³/mol. The minimum Gasteiger partial charge on any atom is -0.504 e. The van der Waals surface area contributed by atoms with Crippen LogP contribution in [0.3, 0.4) is 0 Å². The molecule has 2 aromatic carbocycles. The number of hydrogen-bond donors (Lipinski definition) is 1. The van der Waals surface area contributed by atoms with Gasteiger partial charge in [-0.1, -0.05) is 17.7 Å². The number of aryl methyl sites for hydroxylation is 1. The van der Waals surface area contributed by atoms with Gasteiger partial charge in [0, 0.05) is 26.2 Å². The van der Waals surface area contributed by atoms with E-state index in [0.717, 1.165) is 44.8 Å². The molecule has 3 aromatic rings. The van der Waals surface area contributed by atoms with Crippen molar-refractivity contribution in [3.8, 4) is 11.5 Å². The van der Waals surface area contributed by atoms with Gasteiger partial charge in [-0.05, 0) is 50.1 Å². The molecule has 2 aliphatic heterocycles. The fourth-order valence-corrected chi connectivity index (χ4v) is 4.97. The van der Waals surface area contributed by atoms with Gasteiger partial charge in [0.05, 0.1) is 36.8 Å². The predicted octanol–water partition coefficient (Wildman–Crippen LogP) is 3.47. The van der Waals surface area contributed by atoms with Crippen molar-refractivity contribution in [3.05, 3.63) is 69.1 Å². The van der Waals surface area contributed by atoms with E-state index in [1.807, 2.05) is 19.9 Å². The monoisotopic (exact) mass is 478 g/mol. The van der Waals surface area contributed by atoms with Crippen molar-refractivity contribution in [1.82, 2.24) is 9.80 Å². The maximum Gasteiger partial charge on any atom is 0.290 e. The molecule has 35 heavy (non-hydrogen) atoms.